The summed E-state index contributed by atoms with van der Waals surface area (Å²) >= 11 is 1.28. The summed E-state index contributed by atoms with van der Waals surface area (Å²) in [6, 6.07) is 3.62. The summed E-state index contributed by atoms with van der Waals surface area (Å²) in [4.78, 5) is 23.6. The maximum atomic E-state index is 13.2. The van der Waals surface area contributed by atoms with Crippen LogP contribution in [0.4, 0.5) is 4.39 Å². The van der Waals surface area contributed by atoms with Gasteiger partial charge in [0.15, 0.2) is 5.01 Å². The lowest BCUT2D eigenvalue weighted by molar-refractivity contribution is 0.0217. The molecule has 3 saturated heterocycles. The van der Waals surface area contributed by atoms with Crippen LogP contribution in [0.2, 0.25) is 0 Å². The molecule has 1 N–H and O–H groups in total. The summed E-state index contributed by atoms with van der Waals surface area (Å²) in [5, 5.41) is 3.60. The van der Waals surface area contributed by atoms with E-state index in [1.54, 1.807) is 12.3 Å². The summed E-state index contributed by atoms with van der Waals surface area (Å²) in [6.07, 6.45) is 5.33. The molecule has 2 aromatic heterocycles. The van der Waals surface area contributed by atoms with Gasteiger partial charge in [0.2, 0.25) is 5.95 Å². The zero-order valence-electron chi connectivity index (χ0n) is 13.4. The number of carbonyl (C=O) groups is 1. The fraction of sp³-hybridized carbons (Fsp3) is 0.471. The molecule has 5 heterocycles. The highest BCUT2D eigenvalue weighted by Crippen LogP contribution is 2.32. The molecule has 3 aliphatic rings. The highest BCUT2D eigenvalue weighted by molar-refractivity contribution is 7.16. The number of amides is 1. The fourth-order valence-corrected chi connectivity index (χ4v) is 4.64. The molecule has 126 valence electrons. The second-order valence-electron chi connectivity index (χ2n) is 6.51. The van der Waals surface area contributed by atoms with Crippen LogP contribution in [0.15, 0.2) is 24.5 Å². The van der Waals surface area contributed by atoms with Gasteiger partial charge in [0, 0.05) is 30.5 Å². The van der Waals surface area contributed by atoms with Gasteiger partial charge in [0.1, 0.15) is 0 Å². The van der Waals surface area contributed by atoms with Gasteiger partial charge in [-0.1, -0.05) is 0 Å². The predicted octanol–water partition coefficient (Wildman–Crippen LogP) is 2.56. The van der Waals surface area contributed by atoms with Crippen LogP contribution in [-0.4, -0.2) is 45.9 Å². The third-order valence-electron chi connectivity index (χ3n) is 5.19. The maximum Gasteiger partial charge on any atom is 0.280 e. The van der Waals surface area contributed by atoms with E-state index in [0.29, 0.717) is 22.5 Å². The van der Waals surface area contributed by atoms with Gasteiger partial charge in [0.25, 0.3) is 5.91 Å². The molecule has 5 rings (SSSR count). The summed E-state index contributed by atoms with van der Waals surface area (Å²) in [5.41, 5.74) is 0.690. The number of hydrogen-bond donors (Lipinski definition) is 1. The minimum atomic E-state index is -0.534. The van der Waals surface area contributed by atoms with Gasteiger partial charge in [-0.05, 0) is 50.4 Å². The molecule has 0 aromatic carbocycles. The molecule has 2 bridgehead atoms. The SMILES string of the molecule is CC1C(NC(=O)c2ncc(-c3ccnc(F)c3)s2)C2CCN1CC2. The molecule has 5 nitrogen and oxygen atoms in total. The number of carbonyl (C=O) groups excluding carboxylic acids is 1. The number of rotatable bonds is 3. The van der Waals surface area contributed by atoms with Crippen molar-refractivity contribution in [3.63, 3.8) is 0 Å². The Morgan fingerprint density at radius 3 is 2.88 bits per heavy atom. The lowest BCUT2D eigenvalue weighted by Gasteiger charge is -2.49. The Morgan fingerprint density at radius 1 is 1.38 bits per heavy atom. The number of pyridine rings is 1. The highest BCUT2D eigenvalue weighted by Gasteiger charge is 2.40. The number of fused-ring (bicyclic) bond motifs is 3. The number of thiazole rings is 1. The Balaban J connectivity index is 1.49. The van der Waals surface area contributed by atoms with E-state index in [2.05, 4.69) is 27.1 Å². The smallest absolute Gasteiger partial charge is 0.280 e. The fourth-order valence-electron chi connectivity index (χ4n) is 3.83. The van der Waals surface area contributed by atoms with E-state index >= 15 is 0 Å². The summed E-state index contributed by atoms with van der Waals surface area (Å²) in [5.74, 6) is -0.109. The molecule has 1 amide bonds. The Morgan fingerprint density at radius 2 is 2.17 bits per heavy atom. The molecule has 3 aliphatic heterocycles. The van der Waals surface area contributed by atoms with E-state index in [4.69, 9.17) is 0 Å². The van der Waals surface area contributed by atoms with Crippen molar-refractivity contribution in [3.8, 4) is 10.4 Å². The van der Waals surface area contributed by atoms with Crippen LogP contribution < -0.4 is 5.32 Å². The Labute approximate surface area is 143 Å². The lowest BCUT2D eigenvalue weighted by atomic mass is 9.79. The van der Waals surface area contributed by atoms with Crippen molar-refractivity contribution < 1.29 is 9.18 Å². The van der Waals surface area contributed by atoms with Crippen molar-refractivity contribution in [1.29, 1.82) is 0 Å². The van der Waals surface area contributed by atoms with Gasteiger partial charge >= 0.3 is 0 Å². The molecule has 2 atom stereocenters. The number of piperidine rings is 3. The third kappa shape index (κ3) is 2.82. The van der Waals surface area contributed by atoms with Crippen LogP contribution in [-0.2, 0) is 0 Å². The molecule has 2 unspecified atom stereocenters. The average Bonchev–Trinajstić information content (AvgIpc) is 3.09. The lowest BCUT2D eigenvalue weighted by Crippen LogP contribution is -2.62. The van der Waals surface area contributed by atoms with Gasteiger partial charge in [-0.25, -0.2) is 9.97 Å². The first-order chi connectivity index (χ1) is 11.6. The van der Waals surface area contributed by atoms with Crippen molar-refractivity contribution in [2.24, 2.45) is 5.92 Å². The monoisotopic (exact) mass is 346 g/mol. The quantitative estimate of drug-likeness (QED) is 0.868. The minimum absolute atomic E-state index is 0.133. The Kier molecular flexibility index (Phi) is 4.05. The first-order valence-corrected chi connectivity index (χ1v) is 9.06. The standard InChI is InChI=1S/C17H19FN4OS/c1-10-15(11-3-6-22(10)7-4-11)21-16(23)17-20-9-13(24-17)12-2-5-19-14(18)8-12/h2,5,8-11,15H,3-4,6-7H2,1H3,(H,21,23). The normalized spacial score (nSPS) is 28.8. The summed E-state index contributed by atoms with van der Waals surface area (Å²) in [7, 11) is 0. The molecular weight excluding hydrogens is 327 g/mol. The maximum absolute atomic E-state index is 13.2. The molecule has 3 fully saturated rings. The Bertz CT molecular complexity index is 755. The number of hydrogen-bond acceptors (Lipinski definition) is 5. The third-order valence-corrected chi connectivity index (χ3v) is 6.23. The Hall–Kier alpha value is -1.86. The van der Waals surface area contributed by atoms with E-state index in [1.807, 2.05) is 0 Å². The second-order valence-corrected chi connectivity index (χ2v) is 7.54. The first kappa shape index (κ1) is 15.7. The van der Waals surface area contributed by atoms with Crippen LogP contribution in [0.1, 0.15) is 29.6 Å². The number of halogens is 1. The zero-order valence-corrected chi connectivity index (χ0v) is 14.2. The molecule has 7 heteroatoms. The van der Waals surface area contributed by atoms with E-state index < -0.39 is 5.95 Å². The molecule has 0 spiro atoms. The van der Waals surface area contributed by atoms with Gasteiger partial charge in [-0.2, -0.15) is 4.39 Å². The van der Waals surface area contributed by atoms with Crippen LogP contribution in [0, 0.1) is 11.9 Å². The average molecular weight is 346 g/mol. The van der Waals surface area contributed by atoms with Crippen molar-refractivity contribution in [2.45, 2.75) is 31.8 Å². The molecule has 0 radical (unpaired) electrons. The highest BCUT2D eigenvalue weighted by atomic mass is 32.1. The van der Waals surface area contributed by atoms with Gasteiger partial charge in [0.05, 0.1) is 4.88 Å². The summed E-state index contributed by atoms with van der Waals surface area (Å²) in [6.45, 7) is 4.45. The van der Waals surface area contributed by atoms with E-state index in [9.17, 15) is 9.18 Å². The second kappa shape index (κ2) is 6.22. The first-order valence-electron chi connectivity index (χ1n) is 8.24. The molecule has 0 aliphatic carbocycles. The van der Waals surface area contributed by atoms with Crippen molar-refractivity contribution >= 4 is 17.2 Å². The predicted molar refractivity (Wildman–Crippen MR) is 90.3 cm³/mol. The van der Waals surface area contributed by atoms with Crippen LogP contribution in [0.25, 0.3) is 10.4 Å². The van der Waals surface area contributed by atoms with Crippen LogP contribution >= 0.6 is 11.3 Å². The molecule has 0 saturated carbocycles. The largest absolute Gasteiger partial charge is 0.345 e. The molecular formula is C17H19FN4OS. The number of nitrogens with zero attached hydrogens (tertiary/aromatic N) is 3. The van der Waals surface area contributed by atoms with Crippen molar-refractivity contribution in [1.82, 2.24) is 20.2 Å². The minimum Gasteiger partial charge on any atom is -0.345 e. The van der Waals surface area contributed by atoms with E-state index in [1.165, 1.54) is 23.6 Å². The summed E-state index contributed by atoms with van der Waals surface area (Å²) < 4.78 is 13.2. The van der Waals surface area contributed by atoms with Crippen molar-refractivity contribution in [2.75, 3.05) is 13.1 Å². The van der Waals surface area contributed by atoms with Gasteiger partial charge in [-0.3, -0.25) is 9.69 Å². The number of nitrogens with one attached hydrogen (secondary N) is 1. The van der Waals surface area contributed by atoms with Gasteiger partial charge < -0.3 is 5.32 Å². The topological polar surface area (TPSA) is 58.1 Å². The van der Waals surface area contributed by atoms with Crippen LogP contribution in [0.5, 0.6) is 0 Å². The van der Waals surface area contributed by atoms with E-state index in [-0.39, 0.29) is 11.9 Å². The van der Waals surface area contributed by atoms with Crippen LogP contribution in [0.3, 0.4) is 0 Å². The van der Waals surface area contributed by atoms with E-state index in [0.717, 1.165) is 30.8 Å². The molecule has 2 aromatic rings. The molecule has 24 heavy (non-hydrogen) atoms. The van der Waals surface area contributed by atoms with Crippen molar-refractivity contribution in [3.05, 3.63) is 35.5 Å². The van der Waals surface area contributed by atoms with Gasteiger partial charge in [-0.15, -0.1) is 11.3 Å². The zero-order chi connectivity index (χ0) is 16.7. The number of aromatic nitrogens is 2.